The first-order valence-electron chi connectivity index (χ1n) is 9.08. The lowest BCUT2D eigenvalue weighted by Gasteiger charge is -2.07. The quantitative estimate of drug-likeness (QED) is 0.329. The lowest BCUT2D eigenvalue weighted by atomic mass is 10.1. The van der Waals surface area contributed by atoms with Gasteiger partial charge in [-0.2, -0.15) is 0 Å². The first-order chi connectivity index (χ1) is 11.2. The van der Waals surface area contributed by atoms with Crippen LogP contribution >= 0.6 is 0 Å². The Morgan fingerprint density at radius 2 is 1.52 bits per heavy atom. The Morgan fingerprint density at radius 3 is 2.09 bits per heavy atom. The summed E-state index contributed by atoms with van der Waals surface area (Å²) in [5, 5.41) is 2.87. The van der Waals surface area contributed by atoms with Gasteiger partial charge in [-0.25, -0.2) is 0 Å². The molecule has 136 valence electrons. The van der Waals surface area contributed by atoms with Gasteiger partial charge >= 0.3 is 0 Å². The van der Waals surface area contributed by atoms with E-state index in [1.165, 1.54) is 0 Å². The molecule has 0 spiro atoms. The zero-order valence-electron chi connectivity index (χ0n) is 15.0. The minimum Gasteiger partial charge on any atom is -0.381 e. The van der Waals surface area contributed by atoms with E-state index in [2.05, 4.69) is 5.32 Å². The number of hydrogen-bond acceptors (Lipinski definition) is 4. The van der Waals surface area contributed by atoms with E-state index >= 15 is 0 Å². The third-order valence-electron chi connectivity index (χ3n) is 3.64. The molecule has 0 saturated heterocycles. The number of aldehydes is 1. The number of nitrogens with one attached hydrogen (secondary N) is 1. The molecule has 1 N–H and O–H groups in total. The molecule has 0 bridgehead atoms. The summed E-state index contributed by atoms with van der Waals surface area (Å²) in [6.45, 7) is 7.62. The molecule has 23 heavy (non-hydrogen) atoms. The van der Waals surface area contributed by atoms with Gasteiger partial charge in [0.2, 0.25) is 5.91 Å². The lowest BCUT2D eigenvalue weighted by Crippen LogP contribution is -2.23. The van der Waals surface area contributed by atoms with Gasteiger partial charge in [-0.3, -0.25) is 4.79 Å². The summed E-state index contributed by atoms with van der Waals surface area (Å²) in [5.74, 6) is 0.231. The van der Waals surface area contributed by atoms with Gasteiger partial charge in [0, 0.05) is 45.3 Å². The summed E-state index contributed by atoms with van der Waals surface area (Å²) in [6, 6.07) is 0. The molecule has 1 amide bonds. The predicted molar refractivity (Wildman–Crippen MR) is 92.5 cm³/mol. The van der Waals surface area contributed by atoms with E-state index in [0.717, 1.165) is 77.6 Å². The standard InChI is InChI=1S/C18H35NO4/c1-3-18(21)19-11-6-4-7-12-22-13-8-5-9-14-23-15-10-17(2)16-20/h16-17H,3-15H2,1-2H3,(H,19,21). The van der Waals surface area contributed by atoms with Crippen molar-refractivity contribution in [2.45, 2.75) is 65.2 Å². The number of carbonyl (C=O) groups excluding carboxylic acids is 2. The molecular formula is C18H35NO4. The topological polar surface area (TPSA) is 64.6 Å². The molecule has 0 saturated carbocycles. The highest BCUT2D eigenvalue weighted by molar-refractivity contribution is 5.75. The van der Waals surface area contributed by atoms with E-state index < -0.39 is 0 Å². The Bertz CT molecular complexity index is 284. The molecule has 0 aromatic rings. The Labute approximate surface area is 141 Å². The average molecular weight is 329 g/mol. The Hall–Kier alpha value is -0.940. The van der Waals surface area contributed by atoms with Crippen molar-refractivity contribution in [1.29, 1.82) is 0 Å². The summed E-state index contributed by atoms with van der Waals surface area (Å²) >= 11 is 0. The Balaban J connectivity index is 3.05. The maximum absolute atomic E-state index is 11.0. The van der Waals surface area contributed by atoms with E-state index in [-0.39, 0.29) is 11.8 Å². The second-order valence-corrected chi connectivity index (χ2v) is 5.95. The van der Waals surface area contributed by atoms with Gasteiger partial charge in [0.05, 0.1) is 0 Å². The van der Waals surface area contributed by atoms with E-state index in [0.29, 0.717) is 13.0 Å². The molecule has 5 heteroatoms. The summed E-state index contributed by atoms with van der Waals surface area (Å²) in [5.41, 5.74) is 0. The Morgan fingerprint density at radius 1 is 0.957 bits per heavy atom. The lowest BCUT2D eigenvalue weighted by molar-refractivity contribution is -0.120. The molecule has 1 unspecified atom stereocenters. The van der Waals surface area contributed by atoms with Crippen LogP contribution in [0.25, 0.3) is 0 Å². The fourth-order valence-corrected chi connectivity index (χ4v) is 1.99. The van der Waals surface area contributed by atoms with E-state index in [9.17, 15) is 9.59 Å². The summed E-state index contributed by atoms with van der Waals surface area (Å²) < 4.78 is 11.1. The summed E-state index contributed by atoms with van der Waals surface area (Å²) in [6.07, 6.45) is 8.76. The van der Waals surface area contributed by atoms with Crippen LogP contribution in [0.2, 0.25) is 0 Å². The molecule has 0 aromatic carbocycles. The van der Waals surface area contributed by atoms with Crippen molar-refractivity contribution >= 4 is 12.2 Å². The van der Waals surface area contributed by atoms with Crippen molar-refractivity contribution in [2.75, 3.05) is 33.0 Å². The molecule has 5 nitrogen and oxygen atoms in total. The van der Waals surface area contributed by atoms with Crippen LogP contribution in [0.1, 0.15) is 65.2 Å². The molecule has 0 radical (unpaired) electrons. The first kappa shape index (κ1) is 22.1. The second-order valence-electron chi connectivity index (χ2n) is 5.95. The van der Waals surface area contributed by atoms with Crippen LogP contribution in [0.3, 0.4) is 0 Å². The highest BCUT2D eigenvalue weighted by atomic mass is 16.5. The van der Waals surface area contributed by atoms with Gasteiger partial charge in [-0.05, 0) is 44.9 Å². The fraction of sp³-hybridized carbons (Fsp3) is 0.889. The number of hydrogen-bond donors (Lipinski definition) is 1. The first-order valence-corrected chi connectivity index (χ1v) is 9.08. The van der Waals surface area contributed by atoms with Crippen molar-refractivity contribution in [2.24, 2.45) is 5.92 Å². The monoisotopic (exact) mass is 329 g/mol. The highest BCUT2D eigenvalue weighted by Gasteiger charge is 1.99. The minimum atomic E-state index is 0.103. The van der Waals surface area contributed by atoms with Crippen LogP contribution in [-0.4, -0.2) is 45.2 Å². The van der Waals surface area contributed by atoms with Crippen molar-refractivity contribution in [3.05, 3.63) is 0 Å². The molecule has 1 atom stereocenters. The molecule has 0 aliphatic carbocycles. The summed E-state index contributed by atoms with van der Waals surface area (Å²) in [4.78, 5) is 21.4. The number of unbranched alkanes of at least 4 members (excludes halogenated alkanes) is 4. The number of carbonyl (C=O) groups is 2. The Kier molecular flexibility index (Phi) is 16.7. The molecule has 0 fully saturated rings. The van der Waals surface area contributed by atoms with Crippen molar-refractivity contribution in [3.8, 4) is 0 Å². The molecule has 0 heterocycles. The smallest absolute Gasteiger partial charge is 0.219 e. The van der Waals surface area contributed by atoms with Crippen LogP contribution in [-0.2, 0) is 19.1 Å². The van der Waals surface area contributed by atoms with Gasteiger partial charge in [0.1, 0.15) is 6.29 Å². The maximum atomic E-state index is 11.0. The van der Waals surface area contributed by atoms with Crippen molar-refractivity contribution in [3.63, 3.8) is 0 Å². The van der Waals surface area contributed by atoms with Crippen LogP contribution in [0.4, 0.5) is 0 Å². The van der Waals surface area contributed by atoms with Crippen LogP contribution in [0.5, 0.6) is 0 Å². The molecule has 0 rings (SSSR count). The highest BCUT2D eigenvalue weighted by Crippen LogP contribution is 2.01. The van der Waals surface area contributed by atoms with Gasteiger partial charge in [0.15, 0.2) is 0 Å². The van der Waals surface area contributed by atoms with Crippen LogP contribution in [0.15, 0.2) is 0 Å². The number of ether oxygens (including phenoxy) is 2. The minimum absolute atomic E-state index is 0.103. The van der Waals surface area contributed by atoms with Crippen molar-refractivity contribution < 1.29 is 19.1 Å². The van der Waals surface area contributed by atoms with Crippen LogP contribution < -0.4 is 5.32 Å². The van der Waals surface area contributed by atoms with Gasteiger partial charge < -0.3 is 19.6 Å². The SMILES string of the molecule is CCC(=O)NCCCCCOCCCCCOCCC(C)C=O. The average Bonchev–Trinajstić information content (AvgIpc) is 2.57. The van der Waals surface area contributed by atoms with Gasteiger partial charge in [-0.1, -0.05) is 13.8 Å². The van der Waals surface area contributed by atoms with E-state index in [4.69, 9.17) is 9.47 Å². The maximum Gasteiger partial charge on any atom is 0.219 e. The largest absolute Gasteiger partial charge is 0.381 e. The summed E-state index contributed by atoms with van der Waals surface area (Å²) in [7, 11) is 0. The third kappa shape index (κ3) is 17.2. The molecule has 0 aliphatic heterocycles. The van der Waals surface area contributed by atoms with Gasteiger partial charge in [-0.15, -0.1) is 0 Å². The zero-order valence-corrected chi connectivity index (χ0v) is 15.0. The molecule has 0 aromatic heterocycles. The predicted octanol–water partition coefficient (Wildman–Crippen LogP) is 3.11. The van der Waals surface area contributed by atoms with E-state index in [1.807, 2.05) is 13.8 Å². The number of amides is 1. The van der Waals surface area contributed by atoms with Crippen LogP contribution in [0, 0.1) is 5.92 Å². The normalized spacial score (nSPS) is 12.1. The van der Waals surface area contributed by atoms with Crippen molar-refractivity contribution in [1.82, 2.24) is 5.32 Å². The van der Waals surface area contributed by atoms with Gasteiger partial charge in [0.25, 0.3) is 0 Å². The van der Waals surface area contributed by atoms with E-state index in [1.54, 1.807) is 0 Å². The number of rotatable bonds is 17. The zero-order chi connectivity index (χ0) is 17.2. The fourth-order valence-electron chi connectivity index (χ4n) is 1.99. The third-order valence-corrected chi connectivity index (χ3v) is 3.64. The molecular weight excluding hydrogens is 294 g/mol. The second kappa shape index (κ2) is 17.4. The molecule has 0 aliphatic rings.